The van der Waals surface area contributed by atoms with Gasteiger partial charge < -0.3 is 0 Å². The molecule has 0 saturated carbocycles. The minimum absolute atomic E-state index is 0.859. The van der Waals surface area contributed by atoms with Crippen molar-refractivity contribution >= 4 is 37.6 Å². The predicted octanol–water partition coefficient (Wildman–Crippen LogP) is 4.61. The Balaban J connectivity index is 2.15. The minimum Gasteiger partial charge on any atom is -0.284 e. The van der Waals surface area contributed by atoms with Crippen LogP contribution >= 0.6 is 31.9 Å². The molecule has 0 atom stereocenters. The molecule has 0 radical (unpaired) electrons. The van der Waals surface area contributed by atoms with Crippen molar-refractivity contribution in [3.8, 4) is 0 Å². The highest BCUT2D eigenvalue weighted by atomic mass is 79.9. The van der Waals surface area contributed by atoms with Crippen LogP contribution in [0.3, 0.4) is 0 Å². The van der Waals surface area contributed by atoms with Crippen molar-refractivity contribution in [2.24, 2.45) is 4.99 Å². The van der Waals surface area contributed by atoms with E-state index >= 15 is 0 Å². The summed E-state index contributed by atoms with van der Waals surface area (Å²) in [7, 11) is 0. The van der Waals surface area contributed by atoms with Gasteiger partial charge in [0.1, 0.15) is 0 Å². The number of fused-ring (bicyclic) bond motifs is 1. The molecule has 0 fully saturated rings. The number of rotatable bonds is 1. The average Bonchev–Trinajstić information content (AvgIpc) is 2.39. The Morgan fingerprint density at radius 3 is 2.67 bits per heavy atom. The summed E-state index contributed by atoms with van der Waals surface area (Å²) in [6.07, 6.45) is 1.01. The quantitative estimate of drug-likeness (QED) is 0.700. The first-order valence-electron chi connectivity index (χ1n) is 5.84. The normalized spacial score (nSPS) is 14.0. The van der Waals surface area contributed by atoms with Gasteiger partial charge in [-0.25, -0.2) is 0 Å². The molecule has 1 heterocycles. The Kier molecular flexibility index (Phi) is 3.35. The molecule has 0 unspecified atom stereocenters. The van der Waals surface area contributed by atoms with E-state index in [2.05, 4.69) is 62.2 Å². The Morgan fingerprint density at radius 2 is 1.83 bits per heavy atom. The second-order valence-electron chi connectivity index (χ2n) is 4.26. The maximum atomic E-state index is 4.70. The van der Waals surface area contributed by atoms with Gasteiger partial charge in [-0.1, -0.05) is 56.1 Å². The molecule has 90 valence electrons. The summed E-state index contributed by atoms with van der Waals surface area (Å²) >= 11 is 7.15. The molecule has 0 spiro atoms. The van der Waals surface area contributed by atoms with Gasteiger partial charge in [0.05, 0.1) is 5.71 Å². The van der Waals surface area contributed by atoms with Crippen molar-refractivity contribution in [3.63, 3.8) is 0 Å². The zero-order chi connectivity index (χ0) is 12.5. The summed E-state index contributed by atoms with van der Waals surface area (Å²) in [6, 6.07) is 14.6. The third kappa shape index (κ3) is 2.17. The second-order valence-corrected chi connectivity index (χ2v) is 6.03. The predicted molar refractivity (Wildman–Crippen MR) is 82.5 cm³/mol. The molecule has 0 bridgehead atoms. The van der Waals surface area contributed by atoms with Gasteiger partial charge in [-0.2, -0.15) is 0 Å². The van der Waals surface area contributed by atoms with Gasteiger partial charge in [0.15, 0.2) is 0 Å². The maximum absolute atomic E-state index is 4.70. The van der Waals surface area contributed by atoms with Crippen LogP contribution in [0.15, 0.2) is 56.4 Å². The van der Waals surface area contributed by atoms with Gasteiger partial charge in [-0.3, -0.25) is 4.99 Å². The Bertz CT molecular complexity index is 632. The smallest absolute Gasteiger partial charge is 0.0722 e. The van der Waals surface area contributed by atoms with E-state index in [0.717, 1.165) is 23.1 Å². The molecule has 1 nitrogen and oxygen atoms in total. The molecular weight excluding hydrogens is 354 g/mol. The highest BCUT2D eigenvalue weighted by Crippen LogP contribution is 2.27. The first kappa shape index (κ1) is 12.1. The fourth-order valence-electron chi connectivity index (χ4n) is 2.28. The molecule has 18 heavy (non-hydrogen) atoms. The van der Waals surface area contributed by atoms with Crippen molar-refractivity contribution in [3.05, 3.63) is 68.1 Å². The van der Waals surface area contributed by atoms with Crippen LogP contribution in [0.5, 0.6) is 0 Å². The topological polar surface area (TPSA) is 12.4 Å². The summed E-state index contributed by atoms with van der Waals surface area (Å²) in [5.41, 5.74) is 4.87. The van der Waals surface area contributed by atoms with E-state index in [9.17, 15) is 0 Å². The van der Waals surface area contributed by atoms with E-state index < -0.39 is 0 Å². The van der Waals surface area contributed by atoms with E-state index in [1.165, 1.54) is 21.2 Å². The fraction of sp³-hybridized carbons (Fsp3) is 0.133. The van der Waals surface area contributed by atoms with Crippen molar-refractivity contribution in [2.45, 2.75) is 6.42 Å². The molecule has 3 heteroatoms. The zero-order valence-corrected chi connectivity index (χ0v) is 12.8. The third-order valence-corrected chi connectivity index (χ3v) is 4.34. The number of nitrogens with zero attached hydrogens (tertiary/aromatic N) is 1. The van der Waals surface area contributed by atoms with Crippen LogP contribution < -0.4 is 0 Å². The standard InChI is InChI=1S/C15H11Br2N/c16-11-4-1-3-10(9-11)15-13-5-2-6-14(17)12(13)7-8-18-15/h1-6,9H,7-8H2. The molecule has 0 aromatic heterocycles. The summed E-state index contributed by atoms with van der Waals surface area (Å²) < 4.78 is 2.27. The van der Waals surface area contributed by atoms with Gasteiger partial charge in [-0.15, -0.1) is 0 Å². The highest BCUT2D eigenvalue weighted by Gasteiger charge is 2.17. The minimum atomic E-state index is 0.859. The van der Waals surface area contributed by atoms with Crippen LogP contribution in [0.25, 0.3) is 0 Å². The Morgan fingerprint density at radius 1 is 1.00 bits per heavy atom. The van der Waals surface area contributed by atoms with Crippen LogP contribution in [0, 0.1) is 0 Å². The first-order valence-corrected chi connectivity index (χ1v) is 7.42. The van der Waals surface area contributed by atoms with Gasteiger partial charge >= 0.3 is 0 Å². The number of hydrogen-bond donors (Lipinski definition) is 0. The molecule has 0 saturated heterocycles. The van der Waals surface area contributed by atoms with E-state index in [4.69, 9.17) is 4.99 Å². The molecule has 1 aliphatic rings. The number of aliphatic imine (C=N–C) groups is 1. The largest absolute Gasteiger partial charge is 0.284 e. The van der Waals surface area contributed by atoms with Gasteiger partial charge in [0.25, 0.3) is 0 Å². The fourth-order valence-corrected chi connectivity index (χ4v) is 3.25. The molecule has 0 aliphatic carbocycles. The Hall–Kier alpha value is -0.930. The lowest BCUT2D eigenvalue weighted by molar-refractivity contribution is 0.938. The van der Waals surface area contributed by atoms with Crippen molar-refractivity contribution in [1.29, 1.82) is 0 Å². The molecule has 2 aromatic carbocycles. The number of halogens is 2. The first-order chi connectivity index (χ1) is 8.75. The average molecular weight is 365 g/mol. The highest BCUT2D eigenvalue weighted by molar-refractivity contribution is 9.10. The van der Waals surface area contributed by atoms with E-state index in [-0.39, 0.29) is 0 Å². The number of hydrogen-bond acceptors (Lipinski definition) is 1. The van der Waals surface area contributed by atoms with E-state index in [1.54, 1.807) is 0 Å². The van der Waals surface area contributed by atoms with Gasteiger partial charge in [0, 0.05) is 26.6 Å². The summed E-state index contributed by atoms with van der Waals surface area (Å²) in [5, 5.41) is 0. The lowest BCUT2D eigenvalue weighted by Crippen LogP contribution is -2.14. The Labute approximate surface area is 123 Å². The summed E-state index contributed by atoms with van der Waals surface area (Å²) in [5.74, 6) is 0. The van der Waals surface area contributed by atoms with Gasteiger partial charge in [-0.05, 0) is 30.2 Å². The molecular formula is C15H11Br2N. The molecule has 2 aromatic rings. The summed E-state index contributed by atoms with van der Waals surface area (Å²) in [4.78, 5) is 4.70. The van der Waals surface area contributed by atoms with Crippen LogP contribution in [-0.4, -0.2) is 12.3 Å². The maximum Gasteiger partial charge on any atom is 0.0722 e. The molecule has 0 amide bonds. The monoisotopic (exact) mass is 363 g/mol. The molecule has 0 N–H and O–H groups in total. The molecule has 3 rings (SSSR count). The van der Waals surface area contributed by atoms with Gasteiger partial charge in [0.2, 0.25) is 0 Å². The van der Waals surface area contributed by atoms with Crippen LogP contribution in [-0.2, 0) is 6.42 Å². The SMILES string of the molecule is Brc1cccc(C2=NCCc3c(Br)cccc32)c1. The van der Waals surface area contributed by atoms with Crippen molar-refractivity contribution in [2.75, 3.05) is 6.54 Å². The number of benzene rings is 2. The summed E-state index contributed by atoms with van der Waals surface area (Å²) in [6.45, 7) is 0.859. The van der Waals surface area contributed by atoms with Crippen LogP contribution in [0.2, 0.25) is 0 Å². The van der Waals surface area contributed by atoms with Crippen molar-refractivity contribution < 1.29 is 0 Å². The lowest BCUT2D eigenvalue weighted by Gasteiger charge is -2.18. The van der Waals surface area contributed by atoms with Crippen LogP contribution in [0.4, 0.5) is 0 Å². The van der Waals surface area contributed by atoms with Crippen LogP contribution in [0.1, 0.15) is 16.7 Å². The lowest BCUT2D eigenvalue weighted by atomic mass is 9.93. The van der Waals surface area contributed by atoms with E-state index in [1.807, 2.05) is 12.1 Å². The third-order valence-electron chi connectivity index (χ3n) is 3.10. The van der Waals surface area contributed by atoms with E-state index in [0.29, 0.717) is 0 Å². The molecule has 1 aliphatic heterocycles. The zero-order valence-electron chi connectivity index (χ0n) is 9.66. The second kappa shape index (κ2) is 4.98. The van der Waals surface area contributed by atoms with Crippen molar-refractivity contribution in [1.82, 2.24) is 0 Å².